The van der Waals surface area contributed by atoms with E-state index < -0.39 is 5.54 Å². The summed E-state index contributed by atoms with van der Waals surface area (Å²) in [6, 6.07) is 8.15. The van der Waals surface area contributed by atoms with Crippen molar-refractivity contribution in [3.05, 3.63) is 46.8 Å². The van der Waals surface area contributed by atoms with E-state index in [9.17, 15) is 9.59 Å². The van der Waals surface area contributed by atoms with E-state index in [4.69, 9.17) is 5.10 Å². The van der Waals surface area contributed by atoms with Gasteiger partial charge in [-0.2, -0.15) is 5.10 Å². The third kappa shape index (κ3) is 4.77. The van der Waals surface area contributed by atoms with Crippen LogP contribution in [0.1, 0.15) is 99.9 Å². The number of fused-ring (bicyclic) bond motifs is 1. The van der Waals surface area contributed by atoms with Gasteiger partial charge in [-0.3, -0.25) is 19.2 Å². The molecule has 2 aromatic rings. The third-order valence-corrected chi connectivity index (χ3v) is 7.32. The number of nitrogens with zero attached hydrogens (tertiary/aromatic N) is 3. The topological polar surface area (TPSA) is 67.2 Å². The van der Waals surface area contributed by atoms with Crippen molar-refractivity contribution in [2.45, 2.75) is 110 Å². The van der Waals surface area contributed by atoms with Crippen LogP contribution in [0.15, 0.2) is 24.3 Å². The fourth-order valence-electron chi connectivity index (χ4n) is 5.37. The van der Waals surface area contributed by atoms with Crippen LogP contribution in [0.5, 0.6) is 0 Å². The van der Waals surface area contributed by atoms with Crippen molar-refractivity contribution in [2.24, 2.45) is 0 Å². The summed E-state index contributed by atoms with van der Waals surface area (Å²) in [6.45, 7) is 12.5. The highest BCUT2D eigenvalue weighted by atomic mass is 16.2. The smallest absolute Gasteiger partial charge is 0.277 e. The summed E-state index contributed by atoms with van der Waals surface area (Å²) in [6.07, 6.45) is 8.01. The van der Waals surface area contributed by atoms with Crippen molar-refractivity contribution in [2.75, 3.05) is 4.90 Å². The maximum atomic E-state index is 14.0. The molecule has 0 unspecified atom stereocenters. The highest BCUT2D eigenvalue weighted by molar-refractivity contribution is 6.12. The predicted octanol–water partition coefficient (Wildman–Crippen LogP) is 5.45. The Hall–Kier alpha value is -2.63. The van der Waals surface area contributed by atoms with Crippen LogP contribution >= 0.6 is 0 Å². The van der Waals surface area contributed by atoms with Crippen LogP contribution in [0.4, 0.5) is 5.69 Å². The maximum absolute atomic E-state index is 14.0. The zero-order chi connectivity index (χ0) is 24.7. The summed E-state index contributed by atoms with van der Waals surface area (Å²) in [5, 5.41) is 8.12. The van der Waals surface area contributed by atoms with Crippen molar-refractivity contribution in [3.8, 4) is 0 Å². The van der Waals surface area contributed by atoms with Gasteiger partial charge in [0.15, 0.2) is 0 Å². The van der Waals surface area contributed by atoms with Crippen molar-refractivity contribution < 1.29 is 9.59 Å². The van der Waals surface area contributed by atoms with Gasteiger partial charge in [0.05, 0.1) is 12.2 Å². The lowest BCUT2D eigenvalue weighted by Crippen LogP contribution is -2.65. The van der Waals surface area contributed by atoms with Crippen molar-refractivity contribution >= 4 is 17.5 Å². The molecule has 0 bridgehead atoms. The molecule has 2 amide bonds. The molecular weight excluding hydrogens is 424 g/mol. The van der Waals surface area contributed by atoms with E-state index in [-0.39, 0.29) is 23.3 Å². The first-order valence-electron chi connectivity index (χ1n) is 12.8. The Labute approximate surface area is 204 Å². The Morgan fingerprint density at radius 1 is 1.00 bits per heavy atom. The number of aryl methyl sites for hydroxylation is 2. The summed E-state index contributed by atoms with van der Waals surface area (Å²) < 4.78 is 1.75. The van der Waals surface area contributed by atoms with E-state index >= 15 is 0 Å². The molecule has 1 aliphatic carbocycles. The molecule has 0 saturated heterocycles. The van der Waals surface area contributed by atoms with Gasteiger partial charge >= 0.3 is 0 Å². The normalized spacial score (nSPS) is 22.2. The number of benzene rings is 1. The van der Waals surface area contributed by atoms with Gasteiger partial charge in [-0.05, 0) is 62.9 Å². The van der Waals surface area contributed by atoms with E-state index in [0.29, 0.717) is 12.2 Å². The van der Waals surface area contributed by atoms with E-state index in [1.807, 2.05) is 39.0 Å². The Balaban J connectivity index is 1.75. The lowest BCUT2D eigenvalue weighted by Gasteiger charge is -2.44. The van der Waals surface area contributed by atoms with Crippen molar-refractivity contribution in [3.63, 3.8) is 0 Å². The number of nitrogens with one attached hydrogen (secondary N) is 1. The van der Waals surface area contributed by atoms with Gasteiger partial charge in [0.2, 0.25) is 5.91 Å². The molecule has 0 spiro atoms. The summed E-state index contributed by atoms with van der Waals surface area (Å²) in [5.41, 5.74) is 3.05. The standard InChI is InChI=1S/C28H40N4O2/c1-19-14-20(2)16-22(15-19)32-25(33)23-17-24(27(3,4)5)30-31(23)18-28(32,6)26(34)29-21-12-10-8-7-9-11-13-21/h14-17,21H,7-13,18H2,1-6H3,(H,29,34)/t28-/m0/s1. The minimum Gasteiger partial charge on any atom is -0.351 e. The Morgan fingerprint density at radius 2 is 1.59 bits per heavy atom. The van der Waals surface area contributed by atoms with Crippen LogP contribution < -0.4 is 10.2 Å². The largest absolute Gasteiger partial charge is 0.351 e. The molecule has 6 nitrogen and oxygen atoms in total. The number of anilines is 1. The van der Waals surface area contributed by atoms with Crippen LogP contribution in [-0.4, -0.2) is 33.2 Å². The number of carbonyl (C=O) groups is 2. The van der Waals surface area contributed by atoms with E-state index in [1.165, 1.54) is 19.3 Å². The van der Waals surface area contributed by atoms with Gasteiger partial charge in [-0.1, -0.05) is 58.9 Å². The lowest BCUT2D eigenvalue weighted by atomic mass is 9.90. The van der Waals surface area contributed by atoms with Crippen LogP contribution in [0.25, 0.3) is 0 Å². The third-order valence-electron chi connectivity index (χ3n) is 7.32. The first-order valence-corrected chi connectivity index (χ1v) is 12.8. The fraction of sp³-hybridized carbons (Fsp3) is 0.607. The SMILES string of the molecule is Cc1cc(C)cc(N2C(=O)c3cc(C(C)(C)C)nn3C[C@@]2(C)C(=O)NC2CCCCCCC2)c1. The fourth-order valence-corrected chi connectivity index (χ4v) is 5.37. The van der Waals surface area contributed by atoms with Gasteiger partial charge in [0, 0.05) is 17.1 Å². The molecule has 2 aliphatic rings. The molecule has 1 fully saturated rings. The van der Waals surface area contributed by atoms with Crippen LogP contribution in [0.2, 0.25) is 0 Å². The van der Waals surface area contributed by atoms with E-state index in [1.54, 1.807) is 9.58 Å². The average molecular weight is 465 g/mol. The van der Waals surface area contributed by atoms with Crippen LogP contribution in [-0.2, 0) is 16.8 Å². The minimum absolute atomic E-state index is 0.0935. The maximum Gasteiger partial charge on any atom is 0.277 e. The molecule has 1 N–H and O–H groups in total. The lowest BCUT2D eigenvalue weighted by molar-refractivity contribution is -0.127. The van der Waals surface area contributed by atoms with E-state index in [0.717, 1.165) is 48.2 Å². The molecule has 0 radical (unpaired) electrons. The molecule has 1 aromatic carbocycles. The number of hydrogen-bond acceptors (Lipinski definition) is 3. The first-order chi connectivity index (χ1) is 16.0. The Kier molecular flexibility index (Phi) is 6.63. The first kappa shape index (κ1) is 24.5. The second kappa shape index (κ2) is 9.20. The highest BCUT2D eigenvalue weighted by Crippen LogP contribution is 2.35. The summed E-state index contributed by atoms with van der Waals surface area (Å²) in [5.74, 6) is -0.265. The number of amides is 2. The molecule has 1 aliphatic heterocycles. The number of rotatable bonds is 3. The van der Waals surface area contributed by atoms with Gasteiger partial charge in [-0.15, -0.1) is 0 Å². The summed E-state index contributed by atoms with van der Waals surface area (Å²) in [4.78, 5) is 29.6. The second-order valence-corrected chi connectivity index (χ2v) is 11.6. The zero-order valence-corrected chi connectivity index (χ0v) is 21.7. The second-order valence-electron chi connectivity index (χ2n) is 11.6. The molecule has 1 atom stereocenters. The number of carbonyl (C=O) groups excluding carboxylic acids is 2. The monoisotopic (exact) mass is 464 g/mol. The van der Waals surface area contributed by atoms with Crippen molar-refractivity contribution in [1.82, 2.24) is 15.1 Å². The number of hydrogen-bond donors (Lipinski definition) is 1. The summed E-state index contributed by atoms with van der Waals surface area (Å²) >= 11 is 0. The van der Waals surface area contributed by atoms with Gasteiger partial charge < -0.3 is 5.32 Å². The molecule has 4 rings (SSSR count). The van der Waals surface area contributed by atoms with Gasteiger partial charge in [0.25, 0.3) is 5.91 Å². The average Bonchev–Trinajstić information content (AvgIpc) is 3.13. The molecule has 6 heteroatoms. The Bertz CT molecular complexity index is 1050. The van der Waals surface area contributed by atoms with E-state index in [2.05, 4.69) is 32.2 Å². The van der Waals surface area contributed by atoms with Crippen LogP contribution in [0, 0.1) is 13.8 Å². The highest BCUT2D eigenvalue weighted by Gasteiger charge is 2.49. The molecule has 1 aromatic heterocycles. The molecule has 2 heterocycles. The van der Waals surface area contributed by atoms with Crippen LogP contribution in [0.3, 0.4) is 0 Å². The zero-order valence-electron chi connectivity index (χ0n) is 21.7. The molecule has 184 valence electrons. The molecular formula is C28H40N4O2. The predicted molar refractivity (Wildman–Crippen MR) is 136 cm³/mol. The van der Waals surface area contributed by atoms with Gasteiger partial charge in [0.1, 0.15) is 11.2 Å². The Morgan fingerprint density at radius 3 is 2.18 bits per heavy atom. The molecule has 1 saturated carbocycles. The molecule has 34 heavy (non-hydrogen) atoms. The quantitative estimate of drug-likeness (QED) is 0.657. The summed E-state index contributed by atoms with van der Waals surface area (Å²) in [7, 11) is 0. The minimum atomic E-state index is -1.08. The van der Waals surface area contributed by atoms with Gasteiger partial charge in [-0.25, -0.2) is 0 Å². The van der Waals surface area contributed by atoms with Crippen molar-refractivity contribution in [1.29, 1.82) is 0 Å². The number of aromatic nitrogens is 2.